The monoisotopic (exact) mass is 255 g/mol. The molecule has 1 saturated heterocycles. The zero-order chi connectivity index (χ0) is 13.4. The van der Waals surface area contributed by atoms with Crippen LogP contribution in [0.3, 0.4) is 0 Å². The summed E-state index contributed by atoms with van der Waals surface area (Å²) in [5.74, 6) is 0. The van der Waals surface area contributed by atoms with E-state index in [0.29, 0.717) is 6.42 Å². The number of piperidine rings is 1. The standard InChI is InChI=1S/C14H25NO3/c1-13(2,3)18-12(16)15-9-5-4-6-11(15)10-14(17)7-8-14/h11,17H,4-10H2,1-3H3. The summed E-state index contributed by atoms with van der Waals surface area (Å²) in [7, 11) is 0. The van der Waals surface area contributed by atoms with Crippen molar-refractivity contribution < 1.29 is 14.6 Å². The Morgan fingerprint density at radius 3 is 2.61 bits per heavy atom. The first-order valence-corrected chi connectivity index (χ1v) is 7.01. The molecule has 0 radical (unpaired) electrons. The fourth-order valence-corrected chi connectivity index (χ4v) is 2.56. The van der Waals surface area contributed by atoms with E-state index in [9.17, 15) is 9.90 Å². The number of ether oxygens (including phenoxy) is 1. The number of aliphatic hydroxyl groups is 1. The molecular formula is C14H25NO3. The van der Waals surface area contributed by atoms with Crippen molar-refractivity contribution in [2.75, 3.05) is 6.54 Å². The fraction of sp³-hybridized carbons (Fsp3) is 0.929. The van der Waals surface area contributed by atoms with E-state index >= 15 is 0 Å². The molecule has 0 bridgehead atoms. The second kappa shape index (κ2) is 4.72. The van der Waals surface area contributed by atoms with E-state index in [1.807, 2.05) is 25.7 Å². The Morgan fingerprint density at radius 1 is 1.39 bits per heavy atom. The number of hydrogen-bond acceptors (Lipinski definition) is 3. The van der Waals surface area contributed by atoms with E-state index in [-0.39, 0.29) is 12.1 Å². The van der Waals surface area contributed by atoms with Crippen molar-refractivity contribution in [1.29, 1.82) is 0 Å². The van der Waals surface area contributed by atoms with Gasteiger partial charge in [0.2, 0.25) is 0 Å². The summed E-state index contributed by atoms with van der Waals surface area (Å²) in [5, 5.41) is 10.0. The molecule has 1 unspecified atom stereocenters. The Balaban J connectivity index is 1.96. The van der Waals surface area contributed by atoms with Crippen molar-refractivity contribution in [3.05, 3.63) is 0 Å². The maximum absolute atomic E-state index is 12.2. The largest absolute Gasteiger partial charge is 0.444 e. The first kappa shape index (κ1) is 13.7. The van der Waals surface area contributed by atoms with Crippen LogP contribution in [0.2, 0.25) is 0 Å². The molecule has 2 aliphatic rings. The second-order valence-electron chi connectivity index (χ2n) is 6.75. The number of nitrogens with zero attached hydrogens (tertiary/aromatic N) is 1. The average molecular weight is 255 g/mol. The second-order valence-corrected chi connectivity index (χ2v) is 6.75. The minimum absolute atomic E-state index is 0.154. The number of hydrogen-bond donors (Lipinski definition) is 1. The molecule has 0 aromatic rings. The van der Waals surface area contributed by atoms with Crippen LogP contribution < -0.4 is 0 Å². The van der Waals surface area contributed by atoms with Gasteiger partial charge in [0.05, 0.1) is 5.60 Å². The smallest absolute Gasteiger partial charge is 0.410 e. The molecule has 1 amide bonds. The maximum Gasteiger partial charge on any atom is 0.410 e. The topological polar surface area (TPSA) is 49.8 Å². The van der Waals surface area contributed by atoms with Gasteiger partial charge in [-0.25, -0.2) is 4.79 Å². The van der Waals surface area contributed by atoms with E-state index < -0.39 is 11.2 Å². The summed E-state index contributed by atoms with van der Waals surface area (Å²) in [6, 6.07) is 0.154. The zero-order valence-electron chi connectivity index (χ0n) is 11.7. The molecule has 1 aliphatic carbocycles. The van der Waals surface area contributed by atoms with Crippen molar-refractivity contribution in [3.8, 4) is 0 Å². The molecule has 1 atom stereocenters. The molecule has 4 heteroatoms. The van der Waals surface area contributed by atoms with Gasteiger partial charge in [-0.3, -0.25) is 0 Å². The van der Waals surface area contributed by atoms with Gasteiger partial charge in [-0.1, -0.05) is 0 Å². The Hall–Kier alpha value is -0.770. The molecule has 0 aromatic carbocycles. The highest BCUT2D eigenvalue weighted by atomic mass is 16.6. The van der Waals surface area contributed by atoms with E-state index in [1.165, 1.54) is 0 Å². The summed E-state index contributed by atoms with van der Waals surface area (Å²) in [6.45, 7) is 6.42. The minimum Gasteiger partial charge on any atom is -0.444 e. The number of amides is 1. The molecule has 104 valence electrons. The van der Waals surface area contributed by atoms with Gasteiger partial charge < -0.3 is 14.7 Å². The molecule has 0 aromatic heterocycles. The summed E-state index contributed by atoms with van der Waals surface area (Å²) in [5.41, 5.74) is -0.947. The van der Waals surface area contributed by atoms with Gasteiger partial charge >= 0.3 is 6.09 Å². The van der Waals surface area contributed by atoms with Crippen LogP contribution in [0.1, 0.15) is 59.3 Å². The van der Waals surface area contributed by atoms with Gasteiger partial charge in [0, 0.05) is 12.6 Å². The zero-order valence-corrected chi connectivity index (χ0v) is 11.7. The van der Waals surface area contributed by atoms with Crippen LogP contribution in [0, 0.1) is 0 Å². The third-order valence-electron chi connectivity index (χ3n) is 3.70. The highest BCUT2D eigenvalue weighted by Gasteiger charge is 2.44. The molecule has 1 heterocycles. The Morgan fingerprint density at radius 2 is 2.06 bits per heavy atom. The summed E-state index contributed by atoms with van der Waals surface area (Å²) < 4.78 is 5.45. The van der Waals surface area contributed by atoms with Crippen molar-refractivity contribution in [3.63, 3.8) is 0 Å². The predicted molar refractivity (Wildman–Crippen MR) is 69.4 cm³/mol. The highest BCUT2D eigenvalue weighted by Crippen LogP contribution is 2.41. The molecule has 4 nitrogen and oxygen atoms in total. The van der Waals surface area contributed by atoms with E-state index in [1.54, 1.807) is 0 Å². The number of likely N-dealkylation sites (tertiary alicyclic amines) is 1. The van der Waals surface area contributed by atoms with E-state index in [4.69, 9.17) is 4.74 Å². The fourth-order valence-electron chi connectivity index (χ4n) is 2.56. The predicted octanol–water partition coefficient (Wildman–Crippen LogP) is 2.69. The normalized spacial score (nSPS) is 26.9. The summed E-state index contributed by atoms with van der Waals surface area (Å²) >= 11 is 0. The third kappa shape index (κ3) is 3.61. The lowest BCUT2D eigenvalue weighted by Gasteiger charge is -2.37. The van der Waals surface area contributed by atoms with Crippen LogP contribution in [-0.2, 0) is 4.74 Å². The summed E-state index contributed by atoms with van der Waals surface area (Å²) in [6.07, 6.45) is 5.41. The molecular weight excluding hydrogens is 230 g/mol. The van der Waals surface area contributed by atoms with Crippen LogP contribution in [0.5, 0.6) is 0 Å². The van der Waals surface area contributed by atoms with Gasteiger partial charge in [-0.15, -0.1) is 0 Å². The quantitative estimate of drug-likeness (QED) is 0.825. The molecule has 1 saturated carbocycles. The first-order valence-electron chi connectivity index (χ1n) is 7.01. The lowest BCUT2D eigenvalue weighted by atomic mass is 9.96. The van der Waals surface area contributed by atoms with Gasteiger partial charge in [0.1, 0.15) is 5.60 Å². The maximum atomic E-state index is 12.2. The van der Waals surface area contributed by atoms with Crippen molar-refractivity contribution in [2.24, 2.45) is 0 Å². The minimum atomic E-state index is -0.498. The molecule has 18 heavy (non-hydrogen) atoms. The van der Waals surface area contributed by atoms with Crippen LogP contribution in [-0.4, -0.2) is 39.9 Å². The number of carbonyl (C=O) groups is 1. The molecule has 2 rings (SSSR count). The molecule has 1 N–H and O–H groups in total. The lowest BCUT2D eigenvalue weighted by Crippen LogP contribution is -2.47. The molecule has 2 fully saturated rings. The molecule has 0 spiro atoms. The average Bonchev–Trinajstić information content (AvgIpc) is 2.94. The number of rotatable bonds is 2. The third-order valence-corrected chi connectivity index (χ3v) is 3.70. The van der Waals surface area contributed by atoms with Crippen molar-refractivity contribution in [2.45, 2.75) is 76.5 Å². The Labute approximate surface area is 109 Å². The van der Waals surface area contributed by atoms with Crippen molar-refractivity contribution in [1.82, 2.24) is 4.90 Å². The Bertz CT molecular complexity index is 317. The van der Waals surface area contributed by atoms with Gasteiger partial charge in [0.15, 0.2) is 0 Å². The van der Waals surface area contributed by atoms with Crippen LogP contribution >= 0.6 is 0 Å². The SMILES string of the molecule is CC(C)(C)OC(=O)N1CCCCC1CC1(O)CC1. The first-order chi connectivity index (χ1) is 8.29. The molecule has 1 aliphatic heterocycles. The van der Waals surface area contributed by atoms with Crippen molar-refractivity contribution >= 4 is 6.09 Å². The van der Waals surface area contributed by atoms with Crippen LogP contribution in [0.15, 0.2) is 0 Å². The van der Waals surface area contributed by atoms with E-state index in [0.717, 1.165) is 38.6 Å². The number of carbonyl (C=O) groups excluding carboxylic acids is 1. The summed E-state index contributed by atoms with van der Waals surface area (Å²) in [4.78, 5) is 14.0. The Kier molecular flexibility index (Phi) is 3.58. The van der Waals surface area contributed by atoms with Gasteiger partial charge in [-0.2, -0.15) is 0 Å². The van der Waals surface area contributed by atoms with Crippen LogP contribution in [0.25, 0.3) is 0 Å². The highest BCUT2D eigenvalue weighted by molar-refractivity contribution is 5.68. The van der Waals surface area contributed by atoms with E-state index in [2.05, 4.69) is 0 Å². The lowest BCUT2D eigenvalue weighted by molar-refractivity contribution is 0.000396. The van der Waals surface area contributed by atoms with Gasteiger partial charge in [0.25, 0.3) is 0 Å². The van der Waals surface area contributed by atoms with Crippen LogP contribution in [0.4, 0.5) is 4.79 Å². The van der Waals surface area contributed by atoms with Gasteiger partial charge in [-0.05, 0) is 59.3 Å².